The Bertz CT molecular complexity index is 974. The summed E-state index contributed by atoms with van der Waals surface area (Å²) in [7, 11) is 1.43. The van der Waals surface area contributed by atoms with E-state index in [4.69, 9.17) is 16.3 Å². The third-order valence-corrected chi connectivity index (χ3v) is 5.71. The van der Waals surface area contributed by atoms with Crippen LogP contribution < -0.4 is 10.6 Å². The highest BCUT2D eigenvalue weighted by atomic mass is 35.5. The van der Waals surface area contributed by atoms with E-state index in [-0.39, 0.29) is 34.4 Å². The molecule has 3 N–H and O–H groups in total. The Hall–Kier alpha value is -2.64. The molecule has 2 aromatic rings. The van der Waals surface area contributed by atoms with Gasteiger partial charge in [-0.1, -0.05) is 17.7 Å². The zero-order valence-electron chi connectivity index (χ0n) is 16.9. The van der Waals surface area contributed by atoms with Gasteiger partial charge in [0, 0.05) is 20.2 Å². The molecule has 0 bridgehead atoms. The van der Waals surface area contributed by atoms with Gasteiger partial charge in [-0.25, -0.2) is 4.39 Å². The first-order valence-electron chi connectivity index (χ1n) is 9.73. The maximum absolute atomic E-state index is 14.3. The Balaban J connectivity index is 1.83. The monoisotopic (exact) mass is 434 g/mol. The molecule has 2 amide bonds. The lowest BCUT2D eigenvalue weighted by Crippen LogP contribution is -2.32. The van der Waals surface area contributed by atoms with E-state index >= 15 is 0 Å². The number of benzene rings is 2. The molecule has 0 saturated carbocycles. The van der Waals surface area contributed by atoms with Crippen molar-refractivity contribution < 1.29 is 23.8 Å². The van der Waals surface area contributed by atoms with E-state index in [1.165, 1.54) is 19.2 Å². The summed E-state index contributed by atoms with van der Waals surface area (Å²) in [5.41, 5.74) is 1.89. The van der Waals surface area contributed by atoms with Crippen LogP contribution in [0.2, 0.25) is 5.02 Å². The summed E-state index contributed by atoms with van der Waals surface area (Å²) in [5.74, 6) is -1.88. The molecule has 3 rings (SSSR count). The predicted molar refractivity (Wildman–Crippen MR) is 112 cm³/mol. The summed E-state index contributed by atoms with van der Waals surface area (Å²) in [4.78, 5) is 24.3. The zero-order chi connectivity index (χ0) is 21.8. The summed E-state index contributed by atoms with van der Waals surface area (Å²) in [6.45, 7) is 2.76. The minimum atomic E-state index is -0.635. The van der Waals surface area contributed by atoms with E-state index in [0.29, 0.717) is 29.8 Å². The number of rotatable bonds is 6. The van der Waals surface area contributed by atoms with Gasteiger partial charge in [-0.05, 0) is 61.1 Å². The van der Waals surface area contributed by atoms with Crippen LogP contribution in [-0.2, 0) is 11.2 Å². The first kappa shape index (κ1) is 22.1. The van der Waals surface area contributed by atoms with Crippen molar-refractivity contribution in [2.75, 3.05) is 20.2 Å². The van der Waals surface area contributed by atoms with Gasteiger partial charge in [-0.2, -0.15) is 0 Å². The van der Waals surface area contributed by atoms with Gasteiger partial charge in [0.15, 0.2) is 0 Å². The van der Waals surface area contributed by atoms with Gasteiger partial charge in [0.05, 0.1) is 22.3 Å². The summed E-state index contributed by atoms with van der Waals surface area (Å²) >= 11 is 6.26. The van der Waals surface area contributed by atoms with E-state index in [1.807, 2.05) is 0 Å². The normalized spacial score (nSPS) is 15.8. The highest BCUT2D eigenvalue weighted by Crippen LogP contribution is 2.34. The van der Waals surface area contributed by atoms with Crippen molar-refractivity contribution in [3.05, 3.63) is 62.9 Å². The molecule has 1 aliphatic heterocycles. The fourth-order valence-electron chi connectivity index (χ4n) is 3.46. The van der Waals surface area contributed by atoms with Gasteiger partial charge in [0.1, 0.15) is 11.6 Å². The number of carbonyl (C=O) groups is 2. The maximum atomic E-state index is 14.3. The first-order valence-corrected chi connectivity index (χ1v) is 10.1. The van der Waals surface area contributed by atoms with E-state index in [1.54, 1.807) is 19.1 Å². The van der Waals surface area contributed by atoms with E-state index in [9.17, 15) is 19.1 Å². The highest BCUT2D eigenvalue weighted by Gasteiger charge is 2.22. The summed E-state index contributed by atoms with van der Waals surface area (Å²) in [5, 5.41) is 15.6. The molecule has 0 aliphatic carbocycles. The second-order valence-corrected chi connectivity index (χ2v) is 7.66. The Morgan fingerprint density at radius 1 is 1.27 bits per heavy atom. The topological polar surface area (TPSA) is 87.7 Å². The van der Waals surface area contributed by atoms with Crippen LogP contribution in [0.1, 0.15) is 50.2 Å². The average molecular weight is 435 g/mol. The number of ether oxygens (including phenoxy) is 1. The fraction of sp³-hybridized carbons (Fsp3) is 0.364. The molecule has 2 aromatic carbocycles. The largest absolute Gasteiger partial charge is 0.506 e. The lowest BCUT2D eigenvalue weighted by molar-refractivity contribution is 0.0855. The van der Waals surface area contributed by atoms with Crippen LogP contribution in [0.25, 0.3) is 0 Å². The second-order valence-electron chi connectivity index (χ2n) is 7.29. The Labute approximate surface area is 179 Å². The Morgan fingerprint density at radius 2 is 2.03 bits per heavy atom. The predicted octanol–water partition coefficient (Wildman–Crippen LogP) is 3.35. The minimum Gasteiger partial charge on any atom is -0.506 e. The molecule has 0 radical (unpaired) electrons. The third-order valence-electron chi connectivity index (χ3n) is 5.25. The molecule has 8 heteroatoms. The molecule has 0 spiro atoms. The van der Waals surface area contributed by atoms with Gasteiger partial charge in [0.2, 0.25) is 0 Å². The van der Waals surface area contributed by atoms with Crippen molar-refractivity contribution in [2.24, 2.45) is 0 Å². The third kappa shape index (κ3) is 4.74. The van der Waals surface area contributed by atoms with Gasteiger partial charge in [0.25, 0.3) is 11.8 Å². The standard InChI is InChI=1S/C22H24ClFN2O4/c1-12-14(8-13-5-6-16(18(24)9-13)21(28)25-2)10-17(20(27)19(12)23)22(29)26-11-15-4-3-7-30-15/h5-6,9-10,15,27H,3-4,7-8,11H2,1-2H3,(H,25,28)(H,26,29)/t15-/m0/s1. The van der Waals surface area contributed by atoms with Crippen molar-refractivity contribution >= 4 is 23.4 Å². The zero-order valence-corrected chi connectivity index (χ0v) is 17.6. The summed E-state index contributed by atoms with van der Waals surface area (Å²) < 4.78 is 19.8. The number of amides is 2. The van der Waals surface area contributed by atoms with Crippen LogP contribution in [0, 0.1) is 12.7 Å². The molecule has 6 nitrogen and oxygen atoms in total. The smallest absolute Gasteiger partial charge is 0.255 e. The molecule has 1 heterocycles. The highest BCUT2D eigenvalue weighted by molar-refractivity contribution is 6.33. The van der Waals surface area contributed by atoms with Crippen molar-refractivity contribution in [1.29, 1.82) is 0 Å². The van der Waals surface area contributed by atoms with Crippen LogP contribution in [0.15, 0.2) is 24.3 Å². The Kier molecular flexibility index (Phi) is 6.95. The first-order chi connectivity index (χ1) is 14.3. The number of hydrogen-bond donors (Lipinski definition) is 3. The molecule has 1 aliphatic rings. The van der Waals surface area contributed by atoms with Crippen LogP contribution in [0.3, 0.4) is 0 Å². The number of halogens is 2. The number of phenols is 1. The van der Waals surface area contributed by atoms with E-state index in [0.717, 1.165) is 12.8 Å². The Morgan fingerprint density at radius 3 is 2.67 bits per heavy atom. The number of hydrogen-bond acceptors (Lipinski definition) is 4. The van der Waals surface area contributed by atoms with Gasteiger partial charge in [-0.15, -0.1) is 0 Å². The molecule has 1 saturated heterocycles. The van der Waals surface area contributed by atoms with Crippen molar-refractivity contribution in [3.8, 4) is 5.75 Å². The SMILES string of the molecule is CNC(=O)c1ccc(Cc2cc(C(=O)NC[C@@H]3CCCO3)c(O)c(Cl)c2C)cc1F. The summed E-state index contributed by atoms with van der Waals surface area (Å²) in [6.07, 6.45) is 2.09. The van der Waals surface area contributed by atoms with Crippen molar-refractivity contribution in [3.63, 3.8) is 0 Å². The van der Waals surface area contributed by atoms with Crippen molar-refractivity contribution in [2.45, 2.75) is 32.3 Å². The number of aromatic hydroxyl groups is 1. The maximum Gasteiger partial charge on any atom is 0.255 e. The van der Waals surface area contributed by atoms with Gasteiger partial charge >= 0.3 is 0 Å². The van der Waals surface area contributed by atoms with Crippen LogP contribution in [0.5, 0.6) is 5.75 Å². The molecule has 160 valence electrons. The number of nitrogens with one attached hydrogen (secondary N) is 2. The quantitative estimate of drug-likeness (QED) is 0.650. The fourth-order valence-corrected chi connectivity index (χ4v) is 3.68. The second kappa shape index (κ2) is 9.45. The molecular formula is C22H24ClFN2O4. The minimum absolute atomic E-state index is 0.0294. The number of phenolic OH excluding ortho intramolecular Hbond substituents is 1. The molecule has 0 unspecified atom stereocenters. The lowest BCUT2D eigenvalue weighted by Gasteiger charge is -2.15. The summed E-state index contributed by atoms with van der Waals surface area (Å²) in [6, 6.07) is 5.90. The van der Waals surface area contributed by atoms with E-state index < -0.39 is 17.6 Å². The van der Waals surface area contributed by atoms with Crippen LogP contribution in [-0.4, -0.2) is 43.2 Å². The molecular weight excluding hydrogens is 411 g/mol. The van der Waals surface area contributed by atoms with Crippen molar-refractivity contribution in [1.82, 2.24) is 10.6 Å². The van der Waals surface area contributed by atoms with Crippen LogP contribution >= 0.6 is 11.6 Å². The lowest BCUT2D eigenvalue weighted by atomic mass is 9.96. The molecule has 1 atom stereocenters. The number of carbonyl (C=O) groups excluding carboxylic acids is 2. The van der Waals surface area contributed by atoms with Gasteiger partial charge < -0.3 is 20.5 Å². The molecule has 30 heavy (non-hydrogen) atoms. The molecule has 0 aromatic heterocycles. The van der Waals surface area contributed by atoms with E-state index in [2.05, 4.69) is 10.6 Å². The average Bonchev–Trinajstić information content (AvgIpc) is 3.25. The van der Waals surface area contributed by atoms with Gasteiger partial charge in [-0.3, -0.25) is 9.59 Å². The van der Waals surface area contributed by atoms with Crippen LogP contribution in [0.4, 0.5) is 4.39 Å². The molecule has 1 fully saturated rings.